The van der Waals surface area contributed by atoms with E-state index < -0.39 is 0 Å². The van der Waals surface area contributed by atoms with Gasteiger partial charge in [0.2, 0.25) is 0 Å². The van der Waals surface area contributed by atoms with E-state index in [9.17, 15) is 4.79 Å². The van der Waals surface area contributed by atoms with Crippen LogP contribution in [0.1, 0.15) is 27.7 Å². The van der Waals surface area contributed by atoms with E-state index in [1.54, 1.807) is 0 Å². The third-order valence-corrected chi connectivity index (χ3v) is 2.35. The summed E-state index contributed by atoms with van der Waals surface area (Å²) in [5, 5.41) is 0. The summed E-state index contributed by atoms with van der Waals surface area (Å²) in [7, 11) is 0. The monoisotopic (exact) mass is 185 g/mol. The first-order valence-corrected chi connectivity index (χ1v) is 5.00. The van der Waals surface area contributed by atoms with Gasteiger partial charge in [-0.25, -0.2) is 0 Å². The average molecular weight is 185 g/mol. The van der Waals surface area contributed by atoms with Gasteiger partial charge in [0.05, 0.1) is 6.61 Å². The zero-order valence-corrected chi connectivity index (χ0v) is 8.91. The summed E-state index contributed by atoms with van der Waals surface area (Å²) in [4.78, 5) is 13.5. The van der Waals surface area contributed by atoms with Gasteiger partial charge in [-0.1, -0.05) is 13.8 Å². The topological polar surface area (TPSA) is 29.3 Å². The summed E-state index contributed by atoms with van der Waals surface area (Å²) in [6, 6.07) is 0.406. The predicted octanol–water partition coefficient (Wildman–Crippen LogP) is 1.28. The highest BCUT2D eigenvalue weighted by molar-refractivity contribution is 5.80. The van der Waals surface area contributed by atoms with Gasteiger partial charge in [0, 0.05) is 12.6 Å². The summed E-state index contributed by atoms with van der Waals surface area (Å²) < 4.78 is 4.97. The lowest BCUT2D eigenvalue weighted by Crippen LogP contribution is -2.18. The van der Waals surface area contributed by atoms with E-state index in [2.05, 4.69) is 25.7 Å². The summed E-state index contributed by atoms with van der Waals surface area (Å²) in [6.45, 7) is 9.71. The molecule has 1 heterocycles. The number of carbonyl (C=O) groups is 1. The fourth-order valence-corrected chi connectivity index (χ4v) is 1.67. The second-order valence-corrected chi connectivity index (χ2v) is 4.03. The second-order valence-electron chi connectivity index (χ2n) is 4.03. The van der Waals surface area contributed by atoms with Crippen LogP contribution in [-0.2, 0) is 9.53 Å². The van der Waals surface area contributed by atoms with Crippen molar-refractivity contribution < 1.29 is 9.53 Å². The smallest absolute Gasteiger partial charge is 0.324 e. The lowest BCUT2D eigenvalue weighted by molar-refractivity contribution is -0.143. The summed E-state index contributed by atoms with van der Waals surface area (Å²) >= 11 is 0. The summed E-state index contributed by atoms with van der Waals surface area (Å²) in [5.74, 6) is 0.553. The van der Waals surface area contributed by atoms with Crippen LogP contribution in [0.15, 0.2) is 0 Å². The molecule has 0 saturated carbocycles. The minimum absolute atomic E-state index is 0.0300. The SMILES string of the molecule is CCOC(=O)C1C(C)N1CC(C)C. The number of carbonyl (C=O) groups excluding carboxylic acids is 1. The normalized spacial score (nSPS) is 31.9. The molecule has 3 atom stereocenters. The molecule has 1 saturated heterocycles. The molecule has 1 rings (SSSR count). The van der Waals surface area contributed by atoms with E-state index in [0.29, 0.717) is 18.6 Å². The van der Waals surface area contributed by atoms with Crippen molar-refractivity contribution in [3.05, 3.63) is 0 Å². The lowest BCUT2D eigenvalue weighted by atomic mass is 10.2. The Hall–Kier alpha value is -0.570. The van der Waals surface area contributed by atoms with Crippen molar-refractivity contribution in [1.82, 2.24) is 4.90 Å². The molecule has 0 aromatic carbocycles. The molecule has 0 N–H and O–H groups in total. The fourth-order valence-electron chi connectivity index (χ4n) is 1.67. The van der Waals surface area contributed by atoms with E-state index >= 15 is 0 Å². The number of nitrogens with zero attached hydrogens (tertiary/aromatic N) is 1. The molecule has 1 aliphatic rings. The molecule has 3 heteroatoms. The molecule has 1 fully saturated rings. The molecular weight excluding hydrogens is 166 g/mol. The Bertz CT molecular complexity index is 191. The van der Waals surface area contributed by atoms with Crippen molar-refractivity contribution in [3.63, 3.8) is 0 Å². The van der Waals surface area contributed by atoms with Crippen LogP contribution in [0.2, 0.25) is 0 Å². The van der Waals surface area contributed by atoms with E-state index in [-0.39, 0.29) is 12.0 Å². The van der Waals surface area contributed by atoms with Gasteiger partial charge in [-0.2, -0.15) is 0 Å². The Morgan fingerprint density at radius 3 is 2.62 bits per heavy atom. The molecular formula is C10H19NO2. The van der Waals surface area contributed by atoms with Crippen molar-refractivity contribution >= 4 is 5.97 Å². The first-order chi connectivity index (χ1) is 6.07. The van der Waals surface area contributed by atoms with Crippen LogP contribution in [0, 0.1) is 5.92 Å². The van der Waals surface area contributed by atoms with Crippen LogP contribution in [-0.4, -0.2) is 36.1 Å². The van der Waals surface area contributed by atoms with Gasteiger partial charge in [0.1, 0.15) is 6.04 Å². The Balaban J connectivity index is 2.34. The highest BCUT2D eigenvalue weighted by atomic mass is 16.5. The van der Waals surface area contributed by atoms with Crippen molar-refractivity contribution in [2.24, 2.45) is 5.92 Å². The average Bonchev–Trinajstić information content (AvgIpc) is 2.61. The molecule has 13 heavy (non-hydrogen) atoms. The summed E-state index contributed by atoms with van der Waals surface area (Å²) in [6.07, 6.45) is 0. The van der Waals surface area contributed by atoms with Gasteiger partial charge in [-0.3, -0.25) is 9.69 Å². The Labute approximate surface area is 80.1 Å². The van der Waals surface area contributed by atoms with Gasteiger partial charge in [0.25, 0.3) is 0 Å². The molecule has 0 radical (unpaired) electrons. The van der Waals surface area contributed by atoms with E-state index in [0.717, 1.165) is 6.54 Å². The maximum atomic E-state index is 11.3. The van der Waals surface area contributed by atoms with E-state index in [1.807, 2.05) is 6.92 Å². The molecule has 0 aliphatic carbocycles. The van der Waals surface area contributed by atoms with Gasteiger partial charge in [-0.05, 0) is 19.8 Å². The maximum absolute atomic E-state index is 11.3. The Morgan fingerprint density at radius 2 is 2.15 bits per heavy atom. The summed E-state index contributed by atoms with van der Waals surface area (Å²) in [5.41, 5.74) is 0. The molecule has 0 aromatic rings. The fraction of sp³-hybridized carbons (Fsp3) is 0.900. The van der Waals surface area contributed by atoms with Crippen molar-refractivity contribution in [2.45, 2.75) is 39.8 Å². The van der Waals surface area contributed by atoms with Crippen molar-refractivity contribution in [2.75, 3.05) is 13.2 Å². The number of hydrogen-bond donors (Lipinski definition) is 0. The second kappa shape index (κ2) is 4.09. The highest BCUT2D eigenvalue weighted by Gasteiger charge is 2.50. The first-order valence-electron chi connectivity index (χ1n) is 5.00. The van der Waals surface area contributed by atoms with Gasteiger partial charge in [0.15, 0.2) is 0 Å². The van der Waals surface area contributed by atoms with Gasteiger partial charge in [-0.15, -0.1) is 0 Å². The third kappa shape index (κ3) is 2.44. The maximum Gasteiger partial charge on any atom is 0.324 e. The Kier molecular flexibility index (Phi) is 3.31. The molecule has 0 amide bonds. The van der Waals surface area contributed by atoms with E-state index in [4.69, 9.17) is 4.74 Å². The zero-order valence-electron chi connectivity index (χ0n) is 8.91. The van der Waals surface area contributed by atoms with E-state index in [1.165, 1.54) is 0 Å². The number of rotatable bonds is 4. The minimum Gasteiger partial charge on any atom is -0.465 e. The molecule has 0 aromatic heterocycles. The zero-order chi connectivity index (χ0) is 10.0. The van der Waals surface area contributed by atoms with Gasteiger partial charge < -0.3 is 4.74 Å². The molecule has 0 bridgehead atoms. The number of esters is 1. The molecule has 3 unspecified atom stereocenters. The molecule has 76 valence electrons. The number of hydrogen-bond acceptors (Lipinski definition) is 3. The largest absolute Gasteiger partial charge is 0.465 e. The Morgan fingerprint density at radius 1 is 1.54 bits per heavy atom. The molecule has 1 aliphatic heterocycles. The standard InChI is InChI=1S/C10H19NO2/c1-5-13-10(12)9-8(4)11(9)6-7(2)3/h7-9H,5-6H2,1-4H3. The molecule has 3 nitrogen and oxygen atoms in total. The van der Waals surface area contributed by atoms with Crippen LogP contribution < -0.4 is 0 Å². The van der Waals surface area contributed by atoms with Crippen LogP contribution in [0.4, 0.5) is 0 Å². The minimum atomic E-state index is -0.0596. The quantitative estimate of drug-likeness (QED) is 0.488. The van der Waals surface area contributed by atoms with Crippen LogP contribution in [0.25, 0.3) is 0 Å². The molecule has 0 spiro atoms. The van der Waals surface area contributed by atoms with Crippen LogP contribution in [0.5, 0.6) is 0 Å². The van der Waals surface area contributed by atoms with Gasteiger partial charge >= 0.3 is 5.97 Å². The van der Waals surface area contributed by atoms with Crippen molar-refractivity contribution in [3.8, 4) is 0 Å². The number of ether oxygens (including phenoxy) is 1. The van der Waals surface area contributed by atoms with Crippen LogP contribution >= 0.6 is 0 Å². The van der Waals surface area contributed by atoms with Crippen LogP contribution in [0.3, 0.4) is 0 Å². The lowest BCUT2D eigenvalue weighted by Gasteiger charge is -2.06. The third-order valence-electron chi connectivity index (χ3n) is 2.35. The first kappa shape index (κ1) is 10.5. The van der Waals surface area contributed by atoms with Crippen molar-refractivity contribution in [1.29, 1.82) is 0 Å². The predicted molar refractivity (Wildman–Crippen MR) is 51.4 cm³/mol. The highest BCUT2D eigenvalue weighted by Crippen LogP contribution is 2.29.